The van der Waals surface area contributed by atoms with E-state index in [0.29, 0.717) is 19.4 Å². The van der Waals surface area contributed by atoms with E-state index in [4.69, 9.17) is 14.2 Å². The summed E-state index contributed by atoms with van der Waals surface area (Å²) in [5.74, 6) is -0.429. The Morgan fingerprint density at radius 2 is 0.636 bits per heavy atom. The minimum atomic E-state index is -0.560. The number of hydrogen-bond acceptors (Lipinski definition) is 5. The Labute approximate surface area is 408 Å². The second-order valence-electron chi connectivity index (χ2n) is 17.7. The van der Waals surface area contributed by atoms with Gasteiger partial charge in [-0.05, 0) is 116 Å². The number of allylic oxidation sites excluding steroid dienone is 18. The zero-order valence-corrected chi connectivity index (χ0v) is 43.2. The van der Waals surface area contributed by atoms with Gasteiger partial charge in [-0.2, -0.15) is 0 Å². The fraction of sp³-hybridized carbons (Fsp3) is 0.672. The molecule has 0 radical (unpaired) electrons. The molecule has 0 rings (SSSR count). The van der Waals surface area contributed by atoms with E-state index in [0.717, 1.165) is 128 Å². The molecule has 0 heterocycles. The molecule has 0 bridgehead atoms. The van der Waals surface area contributed by atoms with Crippen LogP contribution in [0.5, 0.6) is 0 Å². The van der Waals surface area contributed by atoms with Gasteiger partial charge in [0.15, 0.2) is 6.10 Å². The topological polar surface area (TPSA) is 61.8 Å². The summed E-state index contributed by atoms with van der Waals surface area (Å²) < 4.78 is 17.4. The molecule has 5 nitrogen and oxygen atoms in total. The van der Waals surface area contributed by atoms with E-state index in [1.165, 1.54) is 77.0 Å². The van der Waals surface area contributed by atoms with Crippen LogP contribution >= 0.6 is 0 Å². The molecule has 0 saturated heterocycles. The highest BCUT2D eigenvalue weighted by molar-refractivity contribution is 5.70. The minimum absolute atomic E-state index is 0.0647. The molecule has 0 aliphatic heterocycles. The maximum Gasteiger partial charge on any atom is 0.306 e. The van der Waals surface area contributed by atoms with Crippen molar-refractivity contribution >= 4 is 11.9 Å². The van der Waals surface area contributed by atoms with E-state index < -0.39 is 6.10 Å². The average molecular weight is 915 g/mol. The smallest absolute Gasteiger partial charge is 0.306 e. The Kier molecular flexibility index (Phi) is 53.0. The number of esters is 2. The van der Waals surface area contributed by atoms with Crippen LogP contribution in [0.1, 0.15) is 239 Å². The average Bonchev–Trinajstić information content (AvgIpc) is 3.32. The molecule has 0 aliphatic carbocycles. The SMILES string of the molecule is CC/C=C\C/C=C\C/C=C\CCCCCCCCCC(=O)OCC(COCCCCCCCC/C=C\C/C=C\C/C=C\CC)OC(=O)CCCCCCCCC/C=C\C/C=C\C/C=C\CC. The second-order valence-corrected chi connectivity index (χ2v) is 17.7. The van der Waals surface area contributed by atoms with Crippen LogP contribution in [0.25, 0.3) is 0 Å². The van der Waals surface area contributed by atoms with E-state index in [1.54, 1.807) is 0 Å². The summed E-state index contributed by atoms with van der Waals surface area (Å²) in [5.41, 5.74) is 0. The number of rotatable bonds is 49. The first-order valence-corrected chi connectivity index (χ1v) is 27.4. The number of carbonyl (C=O) groups is 2. The highest BCUT2D eigenvalue weighted by Crippen LogP contribution is 2.14. The zero-order valence-electron chi connectivity index (χ0n) is 43.2. The van der Waals surface area contributed by atoms with E-state index in [9.17, 15) is 9.59 Å². The Hall–Kier alpha value is -3.44. The third-order valence-corrected chi connectivity index (χ3v) is 11.3. The van der Waals surface area contributed by atoms with Gasteiger partial charge in [0.05, 0.1) is 6.61 Å². The molecule has 0 N–H and O–H groups in total. The maximum atomic E-state index is 12.8. The van der Waals surface area contributed by atoms with Crippen LogP contribution in [0, 0.1) is 0 Å². The minimum Gasteiger partial charge on any atom is -0.462 e. The molecule has 1 unspecified atom stereocenters. The molecular weight excluding hydrogens is 813 g/mol. The van der Waals surface area contributed by atoms with Crippen molar-refractivity contribution in [2.75, 3.05) is 19.8 Å². The van der Waals surface area contributed by atoms with Crippen molar-refractivity contribution in [1.82, 2.24) is 0 Å². The molecule has 66 heavy (non-hydrogen) atoms. The zero-order chi connectivity index (χ0) is 47.7. The van der Waals surface area contributed by atoms with Crippen LogP contribution in [-0.4, -0.2) is 37.9 Å². The molecule has 0 aliphatic rings. The molecule has 0 spiro atoms. The van der Waals surface area contributed by atoms with E-state index >= 15 is 0 Å². The largest absolute Gasteiger partial charge is 0.462 e. The van der Waals surface area contributed by atoms with Crippen LogP contribution in [0.3, 0.4) is 0 Å². The third kappa shape index (κ3) is 53.2. The molecular formula is C61H102O5. The predicted octanol–water partition coefficient (Wildman–Crippen LogP) is 18.8. The lowest BCUT2D eigenvalue weighted by molar-refractivity contribution is -0.163. The van der Waals surface area contributed by atoms with E-state index in [1.807, 2.05) is 0 Å². The van der Waals surface area contributed by atoms with Gasteiger partial charge in [0.25, 0.3) is 0 Å². The van der Waals surface area contributed by atoms with Gasteiger partial charge in [0.1, 0.15) is 6.61 Å². The van der Waals surface area contributed by atoms with Crippen LogP contribution in [0.2, 0.25) is 0 Å². The lowest BCUT2D eigenvalue weighted by Gasteiger charge is -2.18. The van der Waals surface area contributed by atoms with Gasteiger partial charge >= 0.3 is 11.9 Å². The molecule has 0 aromatic rings. The molecule has 376 valence electrons. The Morgan fingerprint density at radius 1 is 0.333 bits per heavy atom. The molecule has 0 saturated carbocycles. The molecule has 0 fully saturated rings. The monoisotopic (exact) mass is 915 g/mol. The van der Waals surface area contributed by atoms with Crippen molar-refractivity contribution in [3.8, 4) is 0 Å². The highest BCUT2D eigenvalue weighted by atomic mass is 16.6. The summed E-state index contributed by atoms with van der Waals surface area (Å²) in [6.07, 6.45) is 76.7. The summed E-state index contributed by atoms with van der Waals surface area (Å²) in [4.78, 5) is 25.5. The first-order chi connectivity index (χ1) is 32.6. The van der Waals surface area contributed by atoms with E-state index in [-0.39, 0.29) is 25.2 Å². The quantitative estimate of drug-likeness (QED) is 0.0346. The van der Waals surface area contributed by atoms with Crippen LogP contribution in [0.15, 0.2) is 109 Å². The normalized spacial score (nSPS) is 13.1. The first-order valence-electron chi connectivity index (χ1n) is 27.4. The van der Waals surface area contributed by atoms with Gasteiger partial charge in [-0.25, -0.2) is 0 Å². The molecule has 5 heteroatoms. The lowest BCUT2D eigenvalue weighted by Crippen LogP contribution is -2.30. The second kappa shape index (κ2) is 55.9. The summed E-state index contributed by atoms with van der Waals surface area (Å²) >= 11 is 0. The summed E-state index contributed by atoms with van der Waals surface area (Å²) in [6, 6.07) is 0. The number of hydrogen-bond donors (Lipinski definition) is 0. The predicted molar refractivity (Wildman–Crippen MR) is 288 cm³/mol. The Morgan fingerprint density at radius 3 is 1.02 bits per heavy atom. The maximum absolute atomic E-state index is 12.8. The van der Waals surface area contributed by atoms with Gasteiger partial charge in [0, 0.05) is 19.4 Å². The van der Waals surface area contributed by atoms with E-state index in [2.05, 4.69) is 130 Å². The van der Waals surface area contributed by atoms with Gasteiger partial charge < -0.3 is 14.2 Å². The molecule has 0 aromatic carbocycles. The summed E-state index contributed by atoms with van der Waals surface area (Å²) in [7, 11) is 0. The highest BCUT2D eigenvalue weighted by Gasteiger charge is 2.17. The lowest BCUT2D eigenvalue weighted by atomic mass is 10.1. The standard InChI is InChI=1S/C61H102O5/c1-4-7-10-13-16-19-22-25-28-31-33-36-39-42-45-48-51-54-60(62)65-58-59(57-64-56-53-50-47-44-41-38-35-30-27-24-21-18-15-12-9-6-3)66-61(63)55-52-49-46-43-40-37-34-32-29-26-23-20-17-14-11-8-5-2/h7-12,16-21,25-30,59H,4-6,13-15,22-24,31-58H2,1-3H3/b10-7-,11-8-,12-9-,19-16-,20-17-,21-18-,28-25-,29-26-,30-27-. The molecule has 1 atom stereocenters. The van der Waals surface area contributed by atoms with Crippen molar-refractivity contribution in [1.29, 1.82) is 0 Å². The van der Waals surface area contributed by atoms with Crippen molar-refractivity contribution < 1.29 is 23.8 Å². The first kappa shape index (κ1) is 62.6. The van der Waals surface area contributed by atoms with Gasteiger partial charge in [-0.15, -0.1) is 0 Å². The number of ether oxygens (including phenoxy) is 3. The van der Waals surface area contributed by atoms with Gasteiger partial charge in [0.2, 0.25) is 0 Å². The van der Waals surface area contributed by atoms with Crippen molar-refractivity contribution in [3.63, 3.8) is 0 Å². The number of carbonyl (C=O) groups excluding carboxylic acids is 2. The molecule has 0 amide bonds. The fourth-order valence-corrected chi connectivity index (χ4v) is 7.32. The summed E-state index contributed by atoms with van der Waals surface area (Å²) in [5, 5.41) is 0. The Balaban J connectivity index is 4.35. The van der Waals surface area contributed by atoms with Gasteiger partial charge in [-0.1, -0.05) is 220 Å². The molecule has 0 aromatic heterocycles. The van der Waals surface area contributed by atoms with Crippen molar-refractivity contribution in [3.05, 3.63) is 109 Å². The van der Waals surface area contributed by atoms with Crippen molar-refractivity contribution in [2.45, 2.75) is 245 Å². The van der Waals surface area contributed by atoms with Gasteiger partial charge in [-0.3, -0.25) is 9.59 Å². The fourth-order valence-electron chi connectivity index (χ4n) is 7.32. The van der Waals surface area contributed by atoms with Crippen LogP contribution in [-0.2, 0) is 23.8 Å². The van der Waals surface area contributed by atoms with Crippen LogP contribution in [0.4, 0.5) is 0 Å². The Bertz CT molecular complexity index is 1310. The number of unbranched alkanes of at least 4 members (excludes halogenated alkanes) is 20. The third-order valence-electron chi connectivity index (χ3n) is 11.3. The van der Waals surface area contributed by atoms with Crippen molar-refractivity contribution in [2.24, 2.45) is 0 Å². The summed E-state index contributed by atoms with van der Waals surface area (Å²) in [6.45, 7) is 7.45. The van der Waals surface area contributed by atoms with Crippen LogP contribution < -0.4 is 0 Å².